The summed E-state index contributed by atoms with van der Waals surface area (Å²) in [5, 5.41) is 0. The van der Waals surface area contributed by atoms with Gasteiger partial charge in [-0.05, 0) is 50.9 Å². The topological polar surface area (TPSA) is 66.6 Å². The van der Waals surface area contributed by atoms with Crippen molar-refractivity contribution in [2.24, 2.45) is 5.73 Å². The van der Waals surface area contributed by atoms with E-state index < -0.39 is 5.91 Å². The quantitative estimate of drug-likeness (QED) is 0.787. The standard InChI is InChI=1S/C23H29N3O2.ClH/c1-17-8-9-20(21(16-17)22(24)27)23(28)26-14-11-19(12-15-26)25(2)13-10-18-6-4-3-5-7-18;/h3-9,16,19H,10-15H2,1-2H3,(H2,24,27);1H. The van der Waals surface area contributed by atoms with Crippen molar-refractivity contribution in [3.8, 4) is 0 Å². The van der Waals surface area contributed by atoms with Crippen molar-refractivity contribution in [1.29, 1.82) is 0 Å². The van der Waals surface area contributed by atoms with Crippen molar-refractivity contribution in [1.82, 2.24) is 9.80 Å². The summed E-state index contributed by atoms with van der Waals surface area (Å²) in [4.78, 5) is 28.9. The normalized spacial score (nSPS) is 14.5. The zero-order valence-electron chi connectivity index (χ0n) is 17.1. The van der Waals surface area contributed by atoms with E-state index in [1.165, 1.54) is 5.56 Å². The number of rotatable bonds is 6. The average molecular weight is 416 g/mol. The van der Waals surface area contributed by atoms with Gasteiger partial charge in [-0.1, -0.05) is 42.0 Å². The fraction of sp³-hybridized carbons (Fsp3) is 0.391. The lowest BCUT2D eigenvalue weighted by molar-refractivity contribution is 0.0643. The number of nitrogens with two attached hydrogens (primary N) is 1. The summed E-state index contributed by atoms with van der Waals surface area (Å²) < 4.78 is 0. The molecule has 29 heavy (non-hydrogen) atoms. The summed E-state index contributed by atoms with van der Waals surface area (Å²) in [6.45, 7) is 4.29. The van der Waals surface area contributed by atoms with Crippen LogP contribution in [0.1, 0.15) is 44.7 Å². The van der Waals surface area contributed by atoms with E-state index in [4.69, 9.17) is 5.73 Å². The number of benzene rings is 2. The molecule has 0 aliphatic carbocycles. The lowest BCUT2D eigenvalue weighted by Crippen LogP contribution is -2.46. The Kier molecular flexibility index (Phi) is 8.23. The van der Waals surface area contributed by atoms with E-state index >= 15 is 0 Å². The zero-order valence-corrected chi connectivity index (χ0v) is 18.0. The van der Waals surface area contributed by atoms with E-state index in [9.17, 15) is 9.59 Å². The number of nitrogens with zero attached hydrogens (tertiary/aromatic N) is 2. The van der Waals surface area contributed by atoms with E-state index in [1.54, 1.807) is 12.1 Å². The van der Waals surface area contributed by atoms with E-state index in [1.807, 2.05) is 24.0 Å². The third kappa shape index (κ3) is 5.81. The van der Waals surface area contributed by atoms with Crippen LogP contribution in [0.4, 0.5) is 0 Å². The fourth-order valence-electron chi connectivity index (χ4n) is 3.86. The molecule has 0 aromatic heterocycles. The molecule has 5 nitrogen and oxygen atoms in total. The van der Waals surface area contributed by atoms with Crippen LogP contribution in [0.15, 0.2) is 48.5 Å². The van der Waals surface area contributed by atoms with Gasteiger partial charge in [-0.15, -0.1) is 12.4 Å². The Balaban J connectivity index is 0.00000300. The van der Waals surface area contributed by atoms with Crippen LogP contribution in [0.5, 0.6) is 0 Å². The second-order valence-electron chi connectivity index (χ2n) is 7.65. The Morgan fingerprint density at radius 1 is 1.07 bits per heavy atom. The molecule has 1 aliphatic rings. The highest BCUT2D eigenvalue weighted by atomic mass is 35.5. The number of amides is 2. The summed E-state index contributed by atoms with van der Waals surface area (Å²) in [7, 11) is 2.16. The first-order valence-electron chi connectivity index (χ1n) is 9.89. The largest absolute Gasteiger partial charge is 0.366 e. The lowest BCUT2D eigenvalue weighted by atomic mass is 9.99. The Morgan fingerprint density at radius 2 is 1.72 bits per heavy atom. The third-order valence-corrected chi connectivity index (χ3v) is 5.64. The van der Waals surface area contributed by atoms with Gasteiger partial charge in [0.05, 0.1) is 11.1 Å². The van der Waals surface area contributed by atoms with Gasteiger partial charge in [0, 0.05) is 25.7 Å². The highest BCUT2D eigenvalue weighted by Gasteiger charge is 2.27. The van der Waals surface area contributed by atoms with Crippen LogP contribution in [0.2, 0.25) is 0 Å². The van der Waals surface area contributed by atoms with Gasteiger partial charge in [-0.25, -0.2) is 0 Å². The number of primary amides is 1. The number of carbonyl (C=O) groups excluding carboxylic acids is 2. The van der Waals surface area contributed by atoms with Gasteiger partial charge in [-0.2, -0.15) is 0 Å². The molecule has 0 unspecified atom stereocenters. The molecule has 0 radical (unpaired) electrons. The van der Waals surface area contributed by atoms with Crippen LogP contribution in [-0.2, 0) is 6.42 Å². The zero-order chi connectivity index (χ0) is 20.1. The van der Waals surface area contributed by atoms with Gasteiger partial charge < -0.3 is 15.5 Å². The van der Waals surface area contributed by atoms with E-state index in [-0.39, 0.29) is 18.3 Å². The number of halogens is 1. The van der Waals surface area contributed by atoms with Gasteiger partial charge in [-0.3, -0.25) is 9.59 Å². The summed E-state index contributed by atoms with van der Waals surface area (Å²) >= 11 is 0. The smallest absolute Gasteiger partial charge is 0.254 e. The molecule has 0 saturated carbocycles. The number of likely N-dealkylation sites (tertiary alicyclic amines) is 1. The van der Waals surface area contributed by atoms with Crippen LogP contribution < -0.4 is 5.73 Å². The predicted molar refractivity (Wildman–Crippen MR) is 119 cm³/mol. The fourth-order valence-corrected chi connectivity index (χ4v) is 3.86. The molecule has 1 heterocycles. The second-order valence-corrected chi connectivity index (χ2v) is 7.65. The van der Waals surface area contributed by atoms with Gasteiger partial charge in [0.1, 0.15) is 0 Å². The Morgan fingerprint density at radius 3 is 2.34 bits per heavy atom. The molecular formula is C23H30ClN3O2. The highest BCUT2D eigenvalue weighted by Crippen LogP contribution is 2.20. The molecule has 2 aromatic carbocycles. The van der Waals surface area contributed by atoms with Gasteiger partial charge >= 0.3 is 0 Å². The molecule has 1 aliphatic heterocycles. The van der Waals surface area contributed by atoms with Crippen molar-refractivity contribution < 1.29 is 9.59 Å². The molecule has 0 bridgehead atoms. The van der Waals surface area contributed by atoms with Crippen molar-refractivity contribution in [3.05, 3.63) is 70.8 Å². The van der Waals surface area contributed by atoms with Crippen molar-refractivity contribution in [3.63, 3.8) is 0 Å². The number of aryl methyl sites for hydroxylation is 1. The maximum atomic E-state index is 12.9. The minimum atomic E-state index is -0.553. The van der Waals surface area contributed by atoms with E-state index in [0.29, 0.717) is 30.3 Å². The number of piperidine rings is 1. The SMILES string of the molecule is Cc1ccc(C(=O)N2CCC(N(C)CCc3ccccc3)CC2)c(C(N)=O)c1.Cl. The molecular weight excluding hydrogens is 386 g/mol. The second kappa shape index (κ2) is 10.4. The summed E-state index contributed by atoms with van der Waals surface area (Å²) in [5.41, 5.74) is 8.47. The molecule has 0 spiro atoms. The number of likely N-dealkylation sites (N-methyl/N-ethyl adjacent to an activating group) is 1. The molecule has 1 saturated heterocycles. The molecule has 6 heteroatoms. The average Bonchev–Trinajstić information content (AvgIpc) is 2.72. The van der Waals surface area contributed by atoms with Crippen molar-refractivity contribution >= 4 is 24.2 Å². The molecule has 2 amide bonds. The first-order valence-corrected chi connectivity index (χ1v) is 9.89. The first kappa shape index (κ1) is 22.9. The Bertz CT molecular complexity index is 833. The van der Waals surface area contributed by atoms with Crippen molar-refractivity contribution in [2.75, 3.05) is 26.7 Å². The van der Waals surface area contributed by atoms with Crippen LogP contribution in [0.25, 0.3) is 0 Å². The van der Waals surface area contributed by atoms with Gasteiger partial charge in [0.2, 0.25) is 5.91 Å². The summed E-state index contributed by atoms with van der Waals surface area (Å²) in [5.74, 6) is -0.651. The molecule has 1 fully saturated rings. The first-order chi connectivity index (χ1) is 13.5. The molecule has 3 rings (SSSR count). The third-order valence-electron chi connectivity index (χ3n) is 5.64. The lowest BCUT2D eigenvalue weighted by Gasteiger charge is -2.37. The summed E-state index contributed by atoms with van der Waals surface area (Å²) in [6.07, 6.45) is 2.91. The Labute approximate surface area is 179 Å². The maximum absolute atomic E-state index is 12.9. The molecule has 2 aromatic rings. The predicted octanol–water partition coefficient (Wildman–Crippen LogP) is 3.29. The highest BCUT2D eigenvalue weighted by molar-refractivity contribution is 6.06. The van der Waals surface area contributed by atoms with E-state index in [0.717, 1.165) is 31.4 Å². The van der Waals surface area contributed by atoms with Crippen molar-refractivity contribution in [2.45, 2.75) is 32.2 Å². The minimum absolute atomic E-state index is 0. The number of hydrogen-bond donors (Lipinski definition) is 1. The monoisotopic (exact) mass is 415 g/mol. The van der Waals surface area contributed by atoms with E-state index in [2.05, 4.69) is 36.2 Å². The molecule has 0 atom stereocenters. The molecule has 2 N–H and O–H groups in total. The van der Waals surface area contributed by atoms with Crippen LogP contribution in [0, 0.1) is 6.92 Å². The number of carbonyl (C=O) groups is 2. The number of hydrogen-bond acceptors (Lipinski definition) is 3. The van der Waals surface area contributed by atoms with Crippen LogP contribution in [-0.4, -0.2) is 54.3 Å². The minimum Gasteiger partial charge on any atom is -0.366 e. The van der Waals surface area contributed by atoms with Crippen LogP contribution >= 0.6 is 12.4 Å². The molecule has 156 valence electrons. The summed E-state index contributed by atoms with van der Waals surface area (Å²) in [6, 6.07) is 16.2. The van der Waals surface area contributed by atoms with Gasteiger partial charge in [0.15, 0.2) is 0 Å². The maximum Gasteiger partial charge on any atom is 0.254 e. The van der Waals surface area contributed by atoms with Crippen LogP contribution in [0.3, 0.4) is 0 Å². The van der Waals surface area contributed by atoms with Gasteiger partial charge in [0.25, 0.3) is 5.91 Å². The Hall–Kier alpha value is -2.37.